The minimum absolute atomic E-state index is 0.0119. The third-order valence-corrected chi connectivity index (χ3v) is 5.25. The molecule has 1 amide bonds. The van der Waals surface area contributed by atoms with Crippen molar-refractivity contribution in [2.45, 2.75) is 128 Å². The predicted molar refractivity (Wildman–Crippen MR) is 114 cm³/mol. The zero-order valence-corrected chi connectivity index (χ0v) is 17.9. The van der Waals surface area contributed by atoms with Crippen LogP contribution in [0.4, 0.5) is 0 Å². The second kappa shape index (κ2) is 18.7. The Morgan fingerprint density at radius 2 is 1.33 bits per heavy atom. The van der Waals surface area contributed by atoms with Crippen LogP contribution in [0, 0.1) is 0 Å². The summed E-state index contributed by atoms with van der Waals surface area (Å²) >= 11 is 0. The number of aliphatic hydroxyl groups excluding tert-OH is 2. The summed E-state index contributed by atoms with van der Waals surface area (Å²) in [7, 11) is 0. The normalized spacial score (nSPS) is 14.7. The summed E-state index contributed by atoms with van der Waals surface area (Å²) in [4.78, 5) is 11.9. The number of carbonyl (C=O) groups excluding carboxylic acids is 1. The van der Waals surface area contributed by atoms with Crippen molar-refractivity contribution in [1.82, 2.24) is 5.32 Å². The van der Waals surface area contributed by atoms with Crippen LogP contribution >= 0.6 is 0 Å². The van der Waals surface area contributed by atoms with Gasteiger partial charge in [-0.1, -0.05) is 84.0 Å². The first-order chi connectivity index (χ1) is 13.0. The highest BCUT2D eigenvalue weighted by molar-refractivity contribution is 5.76. The molecule has 1 unspecified atom stereocenters. The number of rotatable bonds is 19. The zero-order valence-electron chi connectivity index (χ0n) is 17.9. The van der Waals surface area contributed by atoms with Crippen LogP contribution in [-0.2, 0) is 4.79 Å². The molecule has 3 atom stereocenters. The summed E-state index contributed by atoms with van der Waals surface area (Å²) in [5.41, 5.74) is 5.61. The maximum atomic E-state index is 11.9. The molecule has 0 fully saturated rings. The second-order valence-corrected chi connectivity index (χ2v) is 8.09. The minimum atomic E-state index is -0.720. The molecule has 0 aromatic heterocycles. The molecule has 0 bridgehead atoms. The summed E-state index contributed by atoms with van der Waals surface area (Å²) in [6, 6.07) is -0.780. The van der Waals surface area contributed by atoms with Crippen LogP contribution in [0.25, 0.3) is 0 Å². The monoisotopic (exact) mass is 386 g/mol. The van der Waals surface area contributed by atoms with Crippen LogP contribution in [0.15, 0.2) is 0 Å². The van der Waals surface area contributed by atoms with Crippen molar-refractivity contribution in [3.05, 3.63) is 0 Å². The molecule has 5 nitrogen and oxygen atoms in total. The molecule has 0 spiro atoms. The largest absolute Gasteiger partial charge is 0.395 e. The minimum Gasteiger partial charge on any atom is -0.395 e. The molecule has 0 heterocycles. The Balaban J connectivity index is 3.43. The van der Waals surface area contributed by atoms with Crippen LogP contribution in [-0.4, -0.2) is 40.9 Å². The number of nitrogens with one attached hydrogen (secondary N) is 1. The van der Waals surface area contributed by atoms with E-state index in [0.717, 1.165) is 12.8 Å². The Hall–Kier alpha value is -0.650. The fourth-order valence-corrected chi connectivity index (χ4v) is 3.31. The topological polar surface area (TPSA) is 95.6 Å². The molecular formula is C22H46N2O3. The molecule has 5 heteroatoms. The van der Waals surface area contributed by atoms with E-state index >= 15 is 0 Å². The highest BCUT2D eigenvalue weighted by Gasteiger charge is 2.18. The van der Waals surface area contributed by atoms with Gasteiger partial charge in [-0.2, -0.15) is 0 Å². The SMILES string of the molecule is CCCCCCCCCCCCCCCC(=O)N[C@@H](C)[C@@H](O)CC(N)CO. The zero-order chi connectivity index (χ0) is 20.3. The van der Waals surface area contributed by atoms with E-state index in [0.29, 0.717) is 6.42 Å². The standard InChI is InChI=1S/C22H46N2O3/c1-3-4-5-6-7-8-9-10-11-12-13-14-15-16-22(27)24-19(2)21(26)17-20(23)18-25/h19-21,25-26H,3-18,23H2,1-2H3,(H,24,27)/t19-,20?,21-/m0/s1. The van der Waals surface area contributed by atoms with E-state index in [1.807, 2.05) is 0 Å². The van der Waals surface area contributed by atoms with E-state index in [-0.39, 0.29) is 25.0 Å². The number of unbranched alkanes of at least 4 members (excludes halogenated alkanes) is 12. The van der Waals surface area contributed by atoms with Crippen LogP contribution in [0.3, 0.4) is 0 Å². The van der Waals surface area contributed by atoms with Crippen LogP contribution in [0.2, 0.25) is 0 Å². The summed E-state index contributed by atoms with van der Waals surface area (Å²) in [5, 5.41) is 21.7. The van der Waals surface area contributed by atoms with Crippen molar-refractivity contribution in [3.8, 4) is 0 Å². The quantitative estimate of drug-likeness (QED) is 0.252. The van der Waals surface area contributed by atoms with E-state index in [4.69, 9.17) is 10.8 Å². The number of aliphatic hydroxyl groups is 2. The van der Waals surface area contributed by atoms with Gasteiger partial charge in [-0.3, -0.25) is 4.79 Å². The number of hydrogen-bond donors (Lipinski definition) is 4. The first-order valence-electron chi connectivity index (χ1n) is 11.3. The first kappa shape index (κ1) is 26.4. The van der Waals surface area contributed by atoms with Crippen LogP contribution in [0.1, 0.15) is 110 Å². The van der Waals surface area contributed by atoms with Crippen molar-refractivity contribution in [1.29, 1.82) is 0 Å². The predicted octanol–water partition coefficient (Wildman–Crippen LogP) is 4.04. The Morgan fingerprint density at radius 3 is 1.78 bits per heavy atom. The van der Waals surface area contributed by atoms with Gasteiger partial charge in [0.15, 0.2) is 0 Å². The molecule has 0 radical (unpaired) electrons. The molecule has 27 heavy (non-hydrogen) atoms. The second-order valence-electron chi connectivity index (χ2n) is 8.09. The van der Waals surface area contributed by atoms with E-state index < -0.39 is 12.1 Å². The number of amides is 1. The van der Waals surface area contributed by atoms with Gasteiger partial charge in [0.25, 0.3) is 0 Å². The van der Waals surface area contributed by atoms with Gasteiger partial charge >= 0.3 is 0 Å². The van der Waals surface area contributed by atoms with E-state index in [2.05, 4.69) is 12.2 Å². The highest BCUT2D eigenvalue weighted by atomic mass is 16.3. The highest BCUT2D eigenvalue weighted by Crippen LogP contribution is 2.13. The Labute approximate surface area is 167 Å². The molecule has 162 valence electrons. The van der Waals surface area contributed by atoms with Crippen LogP contribution in [0.5, 0.6) is 0 Å². The average molecular weight is 387 g/mol. The molecule has 0 aliphatic heterocycles. The number of hydrogen-bond acceptors (Lipinski definition) is 4. The van der Waals surface area contributed by atoms with Crippen molar-refractivity contribution >= 4 is 5.91 Å². The van der Waals surface area contributed by atoms with Crippen LogP contribution < -0.4 is 11.1 Å². The average Bonchev–Trinajstić information content (AvgIpc) is 2.65. The Morgan fingerprint density at radius 1 is 0.889 bits per heavy atom. The number of carbonyl (C=O) groups is 1. The van der Waals surface area contributed by atoms with E-state index in [1.54, 1.807) is 6.92 Å². The van der Waals surface area contributed by atoms with Gasteiger partial charge in [0.1, 0.15) is 0 Å². The molecule has 0 aliphatic rings. The summed E-state index contributed by atoms with van der Waals surface area (Å²) in [5.74, 6) is -0.0119. The Kier molecular flexibility index (Phi) is 18.3. The van der Waals surface area contributed by atoms with Crippen molar-refractivity contribution in [2.75, 3.05) is 6.61 Å². The lowest BCUT2D eigenvalue weighted by Gasteiger charge is -2.22. The molecule has 5 N–H and O–H groups in total. The fourth-order valence-electron chi connectivity index (χ4n) is 3.31. The van der Waals surface area contributed by atoms with E-state index in [9.17, 15) is 9.90 Å². The molecular weight excluding hydrogens is 340 g/mol. The van der Waals surface area contributed by atoms with Gasteiger partial charge in [0, 0.05) is 12.5 Å². The summed E-state index contributed by atoms with van der Waals surface area (Å²) in [6.07, 6.45) is 16.9. The summed E-state index contributed by atoms with van der Waals surface area (Å²) < 4.78 is 0. The lowest BCUT2D eigenvalue weighted by molar-refractivity contribution is -0.122. The van der Waals surface area contributed by atoms with Gasteiger partial charge in [0.05, 0.1) is 18.8 Å². The first-order valence-corrected chi connectivity index (χ1v) is 11.3. The van der Waals surface area contributed by atoms with Crippen molar-refractivity contribution in [3.63, 3.8) is 0 Å². The third-order valence-electron chi connectivity index (χ3n) is 5.25. The fraction of sp³-hybridized carbons (Fsp3) is 0.955. The smallest absolute Gasteiger partial charge is 0.220 e. The van der Waals surface area contributed by atoms with E-state index in [1.165, 1.54) is 70.6 Å². The molecule has 0 saturated heterocycles. The summed E-state index contributed by atoms with van der Waals surface area (Å²) in [6.45, 7) is 3.88. The maximum absolute atomic E-state index is 11.9. The Bertz CT molecular complexity index is 340. The van der Waals surface area contributed by atoms with Gasteiger partial charge in [-0.05, 0) is 19.8 Å². The van der Waals surface area contributed by atoms with Crippen molar-refractivity contribution < 1.29 is 15.0 Å². The van der Waals surface area contributed by atoms with Gasteiger partial charge in [-0.15, -0.1) is 0 Å². The van der Waals surface area contributed by atoms with Gasteiger partial charge in [-0.25, -0.2) is 0 Å². The molecule has 0 aromatic carbocycles. The van der Waals surface area contributed by atoms with Gasteiger partial charge < -0.3 is 21.3 Å². The number of nitrogens with two attached hydrogens (primary N) is 1. The molecule has 0 saturated carbocycles. The molecule has 0 aromatic rings. The lowest BCUT2D eigenvalue weighted by Crippen LogP contribution is -2.44. The third kappa shape index (κ3) is 17.2. The van der Waals surface area contributed by atoms with Crippen molar-refractivity contribution in [2.24, 2.45) is 5.73 Å². The van der Waals surface area contributed by atoms with Gasteiger partial charge in [0.2, 0.25) is 5.91 Å². The molecule has 0 rings (SSSR count). The molecule has 0 aliphatic carbocycles. The lowest BCUT2D eigenvalue weighted by atomic mass is 10.0. The maximum Gasteiger partial charge on any atom is 0.220 e.